The number of nitrogens with two attached hydrogens (primary N) is 1. The Labute approximate surface area is 354 Å². The number of nitrogens with zero attached hydrogens (tertiary/aromatic N) is 1. The van der Waals surface area contributed by atoms with Crippen LogP contribution in [0, 0.1) is 35.5 Å². The number of unbranched alkanes of at least 4 members (excludes halogenated alkanes) is 1. The van der Waals surface area contributed by atoms with Crippen molar-refractivity contribution in [1.82, 2.24) is 4.90 Å². The first-order valence-electron chi connectivity index (χ1n) is 19.8. The molecule has 1 radical (unpaired) electrons. The van der Waals surface area contributed by atoms with E-state index in [-0.39, 0.29) is 112 Å². The molecule has 5 atom stereocenters. The van der Waals surface area contributed by atoms with Crippen molar-refractivity contribution in [1.29, 1.82) is 0 Å². The van der Waals surface area contributed by atoms with Crippen molar-refractivity contribution >= 4 is 41.1 Å². The third-order valence-electron chi connectivity index (χ3n) is 10.00. The molecule has 0 spiro atoms. The molecule has 55 heavy (non-hydrogen) atoms. The Morgan fingerprint density at radius 3 is 1.67 bits per heavy atom. The molecule has 2 N–H and O–H groups in total. The van der Waals surface area contributed by atoms with Gasteiger partial charge in [0.25, 0.3) is 0 Å². The van der Waals surface area contributed by atoms with Gasteiger partial charge in [0.2, 0.25) is 5.91 Å². The fourth-order valence-electron chi connectivity index (χ4n) is 7.13. The molecule has 0 saturated carbocycles. The predicted octanol–water partition coefficient (Wildman–Crippen LogP) is 6.91. The molecule has 0 aliphatic heterocycles. The van der Waals surface area contributed by atoms with Crippen LogP contribution in [-0.2, 0) is 79.1 Å². The van der Waals surface area contributed by atoms with E-state index in [0.29, 0.717) is 45.1 Å². The number of ketones is 5. The zero-order valence-electron chi connectivity index (χ0n) is 33.8. The molecule has 0 bridgehead atoms. The zero-order valence-corrected chi connectivity index (χ0v) is 36.6. The number of likely N-dealkylation sites (N-methyl/N-ethyl adjacent to an activating group) is 1. The molecule has 0 heterocycles. The van der Waals surface area contributed by atoms with Crippen LogP contribution in [0.1, 0.15) is 109 Å². The van der Waals surface area contributed by atoms with Gasteiger partial charge in [0, 0.05) is 95.5 Å². The van der Waals surface area contributed by atoms with E-state index in [9.17, 15) is 33.6 Å². The first-order valence-corrected chi connectivity index (χ1v) is 19.8. The van der Waals surface area contributed by atoms with Gasteiger partial charge in [-0.25, -0.2) is 0 Å². The van der Waals surface area contributed by atoms with Crippen LogP contribution in [0.25, 0.3) is 0 Å². The number of Topliss-reactive ketones (excluding diaryl/α,β-unsaturated/α-hetero) is 5. The second-order valence-corrected chi connectivity index (χ2v) is 15.5. The summed E-state index contributed by atoms with van der Waals surface area (Å²) in [5, 5.41) is 0. The van der Waals surface area contributed by atoms with Crippen molar-refractivity contribution in [3.05, 3.63) is 71.8 Å². The summed E-state index contributed by atoms with van der Waals surface area (Å²) in [4.78, 5) is 93.8. The average Bonchev–Trinajstić information content (AvgIpc) is 3.13. The van der Waals surface area contributed by atoms with E-state index in [1.807, 2.05) is 87.7 Å². The van der Waals surface area contributed by atoms with Crippen LogP contribution in [-0.4, -0.2) is 66.1 Å². The van der Waals surface area contributed by atoms with E-state index in [4.69, 9.17) is 5.73 Å². The summed E-state index contributed by atoms with van der Waals surface area (Å²) < 4.78 is 0. The molecule has 2 aromatic rings. The summed E-state index contributed by atoms with van der Waals surface area (Å²) in [5.74, 6) is -4.08. The normalized spacial score (nSPS) is 13.8. The molecular weight excluding hydrogens is 769 g/mol. The summed E-state index contributed by atoms with van der Waals surface area (Å²) in [5.41, 5.74) is 7.45. The number of amides is 1. The smallest absolute Gasteiger partial charge is 0.226 e. The topological polar surface area (TPSA) is 149 Å². The summed E-state index contributed by atoms with van der Waals surface area (Å²) in [6, 6.07) is 18.8. The third-order valence-corrected chi connectivity index (χ3v) is 10.00. The molecule has 5 unspecified atom stereocenters. The Balaban J connectivity index is 0.0000151. The van der Waals surface area contributed by atoms with Gasteiger partial charge in [-0.05, 0) is 68.5 Å². The van der Waals surface area contributed by atoms with E-state index < -0.39 is 29.6 Å². The number of rotatable bonds is 29. The summed E-state index contributed by atoms with van der Waals surface area (Å²) in [7, 11) is 1.55. The predicted molar refractivity (Wildman–Crippen MR) is 212 cm³/mol. The van der Waals surface area contributed by atoms with Crippen molar-refractivity contribution < 1.29 is 66.3 Å². The standard InChI is InChI=1S/C45H63N2O7.Y/c1-6-15-40(49)26-36(20-13-14-21-46)43(52)29-39(22-32(2)3)45(54)47(5)30-41(50)27-37(24-34-16-9-7-10-17-34)44(53)28-38(42(51)23-33(4)31-48)25-35-18-11-8-12-19-35;/h7-12,16-19,32-33,36-39H,6,13-15,20-30,46H2,1-5H3;/q-1;. The molecular formula is C45H63N2O7Y-. The van der Waals surface area contributed by atoms with Crippen molar-refractivity contribution in [3.63, 3.8) is 0 Å². The molecule has 0 aliphatic rings. The van der Waals surface area contributed by atoms with Crippen LogP contribution in [0.3, 0.4) is 0 Å². The number of carbonyl (C=O) groups is 6. The van der Waals surface area contributed by atoms with Crippen LogP contribution in [0.4, 0.5) is 0 Å². The molecule has 10 heteroatoms. The van der Waals surface area contributed by atoms with E-state index in [2.05, 4.69) is 0 Å². The van der Waals surface area contributed by atoms with Gasteiger partial charge >= 0.3 is 0 Å². The molecule has 2 rings (SSSR count). The van der Waals surface area contributed by atoms with Gasteiger partial charge in [-0.2, -0.15) is 0 Å². The minimum absolute atomic E-state index is 0. The molecule has 0 fully saturated rings. The number of benzene rings is 2. The monoisotopic (exact) mass is 832 g/mol. The number of carbonyl (C=O) groups excluding carboxylic acids is 7. The second kappa shape index (κ2) is 27.6. The van der Waals surface area contributed by atoms with Gasteiger partial charge in [-0.15, -0.1) is 5.92 Å². The fourth-order valence-corrected chi connectivity index (χ4v) is 7.13. The van der Waals surface area contributed by atoms with Gasteiger partial charge in [0.05, 0.1) is 6.54 Å². The molecule has 1 amide bonds. The molecule has 2 aromatic carbocycles. The first-order chi connectivity index (χ1) is 25.8. The Hall–Kier alpha value is -3.01. The Kier molecular flexibility index (Phi) is 25.1. The van der Waals surface area contributed by atoms with Crippen LogP contribution < -0.4 is 5.73 Å². The van der Waals surface area contributed by atoms with Gasteiger partial charge in [-0.1, -0.05) is 94.8 Å². The summed E-state index contributed by atoms with van der Waals surface area (Å²) >= 11 is 0. The number of hydrogen-bond donors (Lipinski definition) is 1. The van der Waals surface area contributed by atoms with Gasteiger partial charge in [-0.3, -0.25) is 35.1 Å². The van der Waals surface area contributed by atoms with E-state index in [1.54, 1.807) is 14.0 Å². The molecule has 0 aliphatic carbocycles. The molecule has 0 saturated heterocycles. The van der Waals surface area contributed by atoms with E-state index >= 15 is 0 Å². The van der Waals surface area contributed by atoms with Crippen molar-refractivity contribution in [3.8, 4) is 0 Å². The van der Waals surface area contributed by atoms with Crippen molar-refractivity contribution in [2.45, 2.75) is 111 Å². The molecule has 0 aromatic heterocycles. The number of hydrogen-bond acceptors (Lipinski definition) is 8. The Morgan fingerprint density at radius 1 is 0.673 bits per heavy atom. The quantitative estimate of drug-likeness (QED) is 0.0687. The Bertz CT molecular complexity index is 1500. The second-order valence-electron chi connectivity index (χ2n) is 15.5. The SMILES string of the molecule is CCCC(=O)CC(CCCCN)C(=O)CC(CC(C)C)C(=O)N(C)CC(=O)CC(Cc1ccccc1)C(=O)CC(Cc1ccccc1)C(=O)CC(C)[C-]=O.[Y]. The Morgan fingerprint density at radius 2 is 1.16 bits per heavy atom. The maximum Gasteiger partial charge on any atom is 0.226 e. The van der Waals surface area contributed by atoms with E-state index in [1.165, 1.54) is 4.90 Å². The van der Waals surface area contributed by atoms with Gasteiger partial charge in [0.15, 0.2) is 5.78 Å². The van der Waals surface area contributed by atoms with Gasteiger partial charge in [0.1, 0.15) is 23.1 Å². The fraction of sp³-hybridized carbons (Fsp3) is 0.578. The zero-order chi connectivity index (χ0) is 40.0. The van der Waals surface area contributed by atoms with Crippen LogP contribution in [0.5, 0.6) is 0 Å². The van der Waals surface area contributed by atoms with E-state index in [0.717, 1.165) is 24.0 Å². The third kappa shape index (κ3) is 19.6. The molecule has 299 valence electrons. The summed E-state index contributed by atoms with van der Waals surface area (Å²) in [6.07, 6.45) is 6.02. The van der Waals surface area contributed by atoms with Crippen LogP contribution in [0.15, 0.2) is 60.7 Å². The van der Waals surface area contributed by atoms with Crippen LogP contribution >= 0.6 is 0 Å². The van der Waals surface area contributed by atoms with Crippen molar-refractivity contribution in [2.75, 3.05) is 20.1 Å². The summed E-state index contributed by atoms with van der Waals surface area (Å²) in [6.45, 7) is 7.78. The van der Waals surface area contributed by atoms with Crippen molar-refractivity contribution in [2.24, 2.45) is 41.2 Å². The minimum Gasteiger partial charge on any atom is -0.542 e. The maximum absolute atomic E-state index is 14.1. The van der Waals surface area contributed by atoms with Gasteiger partial charge < -0.3 is 15.4 Å². The minimum atomic E-state index is -0.729. The largest absolute Gasteiger partial charge is 0.542 e. The maximum atomic E-state index is 14.1. The average molecular weight is 833 g/mol. The molecule has 9 nitrogen and oxygen atoms in total. The first kappa shape index (κ1) is 50.0. The van der Waals surface area contributed by atoms with Crippen LogP contribution in [0.2, 0.25) is 0 Å².